The first-order chi connectivity index (χ1) is 11.8. The maximum Gasteiger partial charge on any atom is 0.279 e. The maximum atomic E-state index is 12.6. The van der Waals surface area contributed by atoms with Crippen molar-refractivity contribution in [1.29, 1.82) is 5.26 Å². The van der Waals surface area contributed by atoms with Gasteiger partial charge in [0.1, 0.15) is 0 Å². The molecule has 1 aliphatic carbocycles. The molecule has 5 heteroatoms. The predicted molar refractivity (Wildman–Crippen MR) is 97.1 cm³/mol. The largest absolute Gasteiger partial charge is 0.324 e. The molecule has 2 N–H and O–H groups in total. The molecular weight excluding hydrogens is 318 g/mol. The molecule has 1 amide bonds. The molecule has 0 bridgehead atoms. The average molecular weight is 345 g/mol. The number of nitriles is 1. The molecule has 1 aliphatic heterocycles. The maximum absolute atomic E-state index is 12.6. The third-order valence-corrected chi connectivity index (χ3v) is 6.29. The van der Waals surface area contributed by atoms with Crippen molar-refractivity contribution in [1.82, 2.24) is 0 Å². The van der Waals surface area contributed by atoms with Crippen LogP contribution in [0.2, 0.25) is 0 Å². The van der Waals surface area contributed by atoms with Crippen LogP contribution in [0.5, 0.6) is 0 Å². The van der Waals surface area contributed by atoms with Crippen LogP contribution in [0, 0.1) is 17.2 Å². The van der Waals surface area contributed by atoms with Crippen molar-refractivity contribution in [2.24, 2.45) is 5.92 Å². The summed E-state index contributed by atoms with van der Waals surface area (Å²) in [5.41, 5.74) is 0.833. The summed E-state index contributed by atoms with van der Waals surface area (Å²) in [5, 5.41) is 11.8. The van der Waals surface area contributed by atoms with Gasteiger partial charge < -0.3 is 10.2 Å². The second kappa shape index (κ2) is 8.55. The monoisotopic (exact) mass is 344 g/mol. The lowest BCUT2D eigenvalue weighted by atomic mass is 9.78. The van der Waals surface area contributed by atoms with E-state index in [1.165, 1.54) is 55.2 Å². The Hall–Kier alpha value is -1.51. The van der Waals surface area contributed by atoms with Gasteiger partial charge in [-0.05, 0) is 44.2 Å². The van der Waals surface area contributed by atoms with Crippen LogP contribution in [-0.4, -0.2) is 30.8 Å². The summed E-state index contributed by atoms with van der Waals surface area (Å²) >= 11 is 1.47. The number of carbonyl (C=O) groups excluding carboxylic acids is 1. The van der Waals surface area contributed by atoms with Crippen LogP contribution in [0.4, 0.5) is 5.69 Å². The topological polar surface area (TPSA) is 57.3 Å². The number of piperidine rings is 1. The predicted octanol–water partition coefficient (Wildman–Crippen LogP) is 2.48. The Labute approximate surface area is 148 Å². The van der Waals surface area contributed by atoms with E-state index in [1.54, 1.807) is 0 Å². The number of fused-ring (bicyclic) bond motifs is 1. The molecule has 1 heterocycles. The SMILES string of the molecule is N#CCSc1ccccc1NC(=O)C[NH+]1CCC[C@@H]2CCCC[C@@H]21. The summed E-state index contributed by atoms with van der Waals surface area (Å²) in [5.74, 6) is 1.32. The Bertz CT molecular complexity index is 611. The highest BCUT2D eigenvalue weighted by Crippen LogP contribution is 2.28. The Morgan fingerprint density at radius 2 is 2.04 bits per heavy atom. The number of carbonyl (C=O) groups is 1. The van der Waals surface area contributed by atoms with Crippen LogP contribution < -0.4 is 10.2 Å². The van der Waals surface area contributed by atoms with Crippen molar-refractivity contribution in [3.05, 3.63) is 24.3 Å². The third kappa shape index (κ3) is 4.31. The molecule has 0 spiro atoms. The van der Waals surface area contributed by atoms with Crippen LogP contribution in [0.3, 0.4) is 0 Å². The van der Waals surface area contributed by atoms with E-state index >= 15 is 0 Å². The fraction of sp³-hybridized carbons (Fsp3) is 0.579. The minimum atomic E-state index is 0.0984. The van der Waals surface area contributed by atoms with E-state index in [-0.39, 0.29) is 5.91 Å². The smallest absolute Gasteiger partial charge is 0.279 e. The highest BCUT2D eigenvalue weighted by Gasteiger charge is 2.37. The van der Waals surface area contributed by atoms with Crippen molar-refractivity contribution in [3.63, 3.8) is 0 Å². The number of hydrogen-bond donors (Lipinski definition) is 2. The Morgan fingerprint density at radius 1 is 1.25 bits per heavy atom. The zero-order valence-corrected chi connectivity index (χ0v) is 14.9. The molecule has 4 nitrogen and oxygen atoms in total. The van der Waals surface area contributed by atoms with Gasteiger partial charge in [0.05, 0.1) is 30.1 Å². The lowest BCUT2D eigenvalue weighted by Gasteiger charge is -2.40. The number of anilines is 1. The number of amides is 1. The van der Waals surface area contributed by atoms with E-state index < -0.39 is 0 Å². The van der Waals surface area contributed by atoms with E-state index in [0.717, 1.165) is 23.0 Å². The third-order valence-electron chi connectivity index (χ3n) is 5.35. The van der Waals surface area contributed by atoms with Crippen LogP contribution in [0.1, 0.15) is 38.5 Å². The number of quaternary nitrogens is 1. The number of rotatable bonds is 5. The Balaban J connectivity index is 1.60. The van der Waals surface area contributed by atoms with Gasteiger partial charge in [0.2, 0.25) is 0 Å². The van der Waals surface area contributed by atoms with Crippen molar-refractivity contribution in [2.75, 3.05) is 24.2 Å². The molecular formula is C19H26N3OS+. The molecule has 2 fully saturated rings. The number of benzene rings is 1. The molecule has 2 aliphatic rings. The molecule has 0 aromatic heterocycles. The number of nitrogens with one attached hydrogen (secondary N) is 2. The van der Waals surface area contributed by atoms with E-state index in [0.29, 0.717) is 18.3 Å². The molecule has 0 radical (unpaired) electrons. The second-order valence-electron chi connectivity index (χ2n) is 6.87. The first-order valence-corrected chi connectivity index (χ1v) is 9.99. The fourth-order valence-corrected chi connectivity index (χ4v) is 4.96. The molecule has 1 aromatic rings. The molecule has 3 atom stereocenters. The van der Waals surface area contributed by atoms with Gasteiger partial charge in [0.15, 0.2) is 6.54 Å². The molecule has 1 unspecified atom stereocenters. The highest BCUT2D eigenvalue weighted by molar-refractivity contribution is 7.99. The number of hydrogen-bond acceptors (Lipinski definition) is 3. The van der Waals surface area contributed by atoms with Crippen LogP contribution in [0.15, 0.2) is 29.2 Å². The minimum Gasteiger partial charge on any atom is -0.324 e. The summed E-state index contributed by atoms with van der Waals surface area (Å²) in [6, 6.07) is 10.6. The van der Waals surface area contributed by atoms with Crippen molar-refractivity contribution < 1.29 is 9.69 Å². The number of nitrogens with zero attached hydrogens (tertiary/aromatic N) is 1. The molecule has 24 heavy (non-hydrogen) atoms. The highest BCUT2D eigenvalue weighted by atomic mass is 32.2. The zero-order valence-electron chi connectivity index (χ0n) is 14.1. The van der Waals surface area contributed by atoms with E-state index in [4.69, 9.17) is 5.26 Å². The lowest BCUT2D eigenvalue weighted by molar-refractivity contribution is -0.928. The quantitative estimate of drug-likeness (QED) is 0.807. The van der Waals surface area contributed by atoms with Gasteiger partial charge in [0.25, 0.3) is 5.91 Å². The fourth-order valence-electron chi connectivity index (χ4n) is 4.29. The van der Waals surface area contributed by atoms with E-state index in [9.17, 15) is 4.79 Å². The van der Waals surface area contributed by atoms with Gasteiger partial charge in [-0.2, -0.15) is 5.26 Å². The van der Waals surface area contributed by atoms with Crippen LogP contribution in [0.25, 0.3) is 0 Å². The van der Waals surface area contributed by atoms with Gasteiger partial charge in [-0.25, -0.2) is 0 Å². The summed E-state index contributed by atoms with van der Waals surface area (Å²) in [6.45, 7) is 1.69. The first-order valence-electron chi connectivity index (χ1n) is 9.01. The van der Waals surface area contributed by atoms with Gasteiger partial charge in [-0.3, -0.25) is 4.79 Å². The van der Waals surface area contributed by atoms with Gasteiger partial charge in [-0.15, -0.1) is 11.8 Å². The van der Waals surface area contributed by atoms with Crippen molar-refractivity contribution in [3.8, 4) is 6.07 Å². The number of likely N-dealkylation sites (tertiary alicyclic amines) is 1. The average Bonchev–Trinajstić information content (AvgIpc) is 2.61. The van der Waals surface area contributed by atoms with Gasteiger partial charge in [-0.1, -0.05) is 18.6 Å². The summed E-state index contributed by atoms with van der Waals surface area (Å²) in [6.07, 6.45) is 7.91. The van der Waals surface area contributed by atoms with E-state index in [2.05, 4.69) is 11.4 Å². The summed E-state index contributed by atoms with van der Waals surface area (Å²) < 4.78 is 0. The second-order valence-corrected chi connectivity index (χ2v) is 7.89. The van der Waals surface area contributed by atoms with E-state index in [1.807, 2.05) is 24.3 Å². The standard InChI is InChI=1S/C19H25N3OS/c20-11-13-24-18-10-4-2-8-16(18)21-19(23)14-22-12-5-7-15-6-1-3-9-17(15)22/h2,4,8,10,15,17H,1,3,5-7,9,12-14H2,(H,21,23)/p+1/t15-,17-/m0/s1. The van der Waals surface area contributed by atoms with Crippen LogP contribution >= 0.6 is 11.8 Å². The van der Waals surface area contributed by atoms with Crippen molar-refractivity contribution >= 4 is 23.4 Å². The van der Waals surface area contributed by atoms with Crippen LogP contribution in [-0.2, 0) is 4.79 Å². The first kappa shape index (κ1) is 17.3. The molecule has 3 rings (SSSR count). The normalized spacial score (nSPS) is 26.2. The number of thioether (sulfide) groups is 1. The van der Waals surface area contributed by atoms with Gasteiger partial charge >= 0.3 is 0 Å². The summed E-state index contributed by atoms with van der Waals surface area (Å²) in [4.78, 5) is 15.0. The Kier molecular flexibility index (Phi) is 6.17. The molecule has 1 saturated carbocycles. The molecule has 1 aromatic carbocycles. The van der Waals surface area contributed by atoms with Crippen molar-refractivity contribution in [2.45, 2.75) is 49.5 Å². The minimum absolute atomic E-state index is 0.0984. The molecule has 1 saturated heterocycles. The number of para-hydroxylation sites is 1. The lowest BCUT2D eigenvalue weighted by Crippen LogP contribution is -3.18. The Morgan fingerprint density at radius 3 is 2.92 bits per heavy atom. The van der Waals surface area contributed by atoms with Gasteiger partial charge in [0, 0.05) is 10.8 Å². The molecule has 128 valence electrons. The zero-order chi connectivity index (χ0) is 16.8. The summed E-state index contributed by atoms with van der Waals surface area (Å²) in [7, 11) is 0.